The summed E-state index contributed by atoms with van der Waals surface area (Å²) >= 11 is 0. The van der Waals surface area contributed by atoms with Crippen molar-refractivity contribution < 1.29 is 13.5 Å². The first-order chi connectivity index (χ1) is 8.07. The summed E-state index contributed by atoms with van der Waals surface area (Å²) in [7, 11) is -3.03. The maximum Gasteiger partial charge on any atom is 0.154 e. The third-order valence-corrected chi connectivity index (χ3v) is 5.28. The van der Waals surface area contributed by atoms with Gasteiger partial charge in [-0.3, -0.25) is 0 Å². The van der Waals surface area contributed by atoms with Crippen LogP contribution in [0.15, 0.2) is 11.6 Å². The van der Waals surface area contributed by atoms with Crippen LogP contribution in [0.2, 0.25) is 0 Å². The summed E-state index contributed by atoms with van der Waals surface area (Å²) in [6, 6.07) is -0.274. The fourth-order valence-electron chi connectivity index (χ4n) is 2.57. The van der Waals surface area contributed by atoms with Crippen LogP contribution in [0.25, 0.3) is 0 Å². The molecule has 1 aliphatic carbocycles. The van der Waals surface area contributed by atoms with E-state index in [0.717, 1.165) is 13.0 Å². The molecule has 98 valence electrons. The van der Waals surface area contributed by atoms with E-state index in [-0.39, 0.29) is 17.5 Å². The monoisotopic (exact) mass is 259 g/mol. The van der Waals surface area contributed by atoms with Crippen LogP contribution in [0.5, 0.6) is 0 Å². The molecule has 2 aliphatic rings. The molecule has 0 aromatic carbocycles. The van der Waals surface area contributed by atoms with Crippen LogP contribution in [0.4, 0.5) is 0 Å². The molecule has 2 atom stereocenters. The average Bonchev–Trinajstić information content (AvgIpc) is 2.53. The highest BCUT2D eigenvalue weighted by molar-refractivity contribution is 7.91. The number of hydrogen-bond donors (Lipinski definition) is 2. The Morgan fingerprint density at radius 3 is 2.76 bits per heavy atom. The van der Waals surface area contributed by atoms with Crippen LogP contribution in [0.1, 0.15) is 32.1 Å². The molecule has 0 spiro atoms. The Bertz CT molecular complexity index is 389. The second-order valence-electron chi connectivity index (χ2n) is 5.06. The van der Waals surface area contributed by atoms with Crippen molar-refractivity contribution in [2.45, 2.75) is 44.2 Å². The molecule has 0 radical (unpaired) electrons. The van der Waals surface area contributed by atoms with Crippen molar-refractivity contribution in [3.63, 3.8) is 0 Å². The van der Waals surface area contributed by atoms with Crippen LogP contribution < -0.4 is 5.32 Å². The predicted molar refractivity (Wildman–Crippen MR) is 67.6 cm³/mol. The summed E-state index contributed by atoms with van der Waals surface area (Å²) in [5.41, 5.74) is 1.47. The Morgan fingerprint density at radius 2 is 2.18 bits per heavy atom. The zero-order chi connectivity index (χ0) is 12.3. The first-order valence-corrected chi connectivity index (χ1v) is 8.19. The van der Waals surface area contributed by atoms with Crippen LogP contribution in [-0.4, -0.2) is 43.7 Å². The molecule has 17 heavy (non-hydrogen) atoms. The Labute approximate surface area is 103 Å². The topological polar surface area (TPSA) is 66.4 Å². The summed E-state index contributed by atoms with van der Waals surface area (Å²) in [5, 5.41) is 12.8. The molecule has 2 N–H and O–H groups in total. The van der Waals surface area contributed by atoms with Gasteiger partial charge in [0.25, 0.3) is 0 Å². The molecule has 0 aromatic heterocycles. The van der Waals surface area contributed by atoms with Gasteiger partial charge in [-0.1, -0.05) is 11.6 Å². The molecule has 0 amide bonds. The van der Waals surface area contributed by atoms with E-state index >= 15 is 0 Å². The van der Waals surface area contributed by atoms with Crippen LogP contribution in [0.3, 0.4) is 0 Å². The summed E-state index contributed by atoms with van der Waals surface area (Å²) in [6.45, 7) is 0.767. The molecule has 0 bridgehead atoms. The van der Waals surface area contributed by atoms with E-state index in [1.54, 1.807) is 0 Å². The van der Waals surface area contributed by atoms with Gasteiger partial charge < -0.3 is 10.4 Å². The van der Waals surface area contributed by atoms with Crippen LogP contribution in [0, 0.1) is 0 Å². The van der Waals surface area contributed by atoms with E-state index in [4.69, 9.17) is 0 Å². The Hall–Kier alpha value is -0.390. The van der Waals surface area contributed by atoms with E-state index < -0.39 is 15.9 Å². The summed E-state index contributed by atoms with van der Waals surface area (Å²) in [4.78, 5) is 0. The lowest BCUT2D eigenvalue weighted by atomic mass is 9.97. The second-order valence-corrected chi connectivity index (χ2v) is 7.22. The molecule has 0 saturated carbocycles. The highest BCUT2D eigenvalue weighted by Crippen LogP contribution is 2.20. The van der Waals surface area contributed by atoms with Crippen molar-refractivity contribution in [2.24, 2.45) is 0 Å². The van der Waals surface area contributed by atoms with Crippen LogP contribution in [-0.2, 0) is 9.84 Å². The van der Waals surface area contributed by atoms with Gasteiger partial charge in [0.2, 0.25) is 0 Å². The van der Waals surface area contributed by atoms with Crippen molar-refractivity contribution >= 4 is 9.84 Å². The lowest BCUT2D eigenvalue weighted by Crippen LogP contribution is -2.39. The van der Waals surface area contributed by atoms with Crippen molar-refractivity contribution in [3.8, 4) is 0 Å². The van der Waals surface area contributed by atoms with E-state index in [2.05, 4.69) is 11.4 Å². The normalized spacial score (nSPS) is 32.4. The standard InChI is InChI=1S/C12H21NO3S/c14-12-9-17(15,16)8-11(12)13-7-6-10-4-2-1-3-5-10/h4,11-14H,1-3,5-9H2. The summed E-state index contributed by atoms with van der Waals surface area (Å²) in [6.07, 6.45) is 7.45. The highest BCUT2D eigenvalue weighted by atomic mass is 32.2. The molecule has 2 rings (SSSR count). The first-order valence-electron chi connectivity index (χ1n) is 6.36. The number of aliphatic hydroxyl groups is 1. The molecular weight excluding hydrogens is 238 g/mol. The predicted octanol–water partition coefficient (Wildman–Crippen LogP) is 0.624. The molecule has 1 saturated heterocycles. The minimum Gasteiger partial charge on any atom is -0.390 e. The van der Waals surface area contributed by atoms with Gasteiger partial charge in [0.05, 0.1) is 17.6 Å². The fourth-order valence-corrected chi connectivity index (χ4v) is 4.35. The van der Waals surface area contributed by atoms with Gasteiger partial charge in [0.15, 0.2) is 9.84 Å². The minimum absolute atomic E-state index is 0.0766. The smallest absolute Gasteiger partial charge is 0.154 e. The molecule has 0 aromatic rings. The zero-order valence-electron chi connectivity index (χ0n) is 10.1. The van der Waals surface area contributed by atoms with Gasteiger partial charge in [0.1, 0.15) is 0 Å². The van der Waals surface area contributed by atoms with Gasteiger partial charge in [-0.05, 0) is 38.6 Å². The number of allylic oxidation sites excluding steroid dienone is 1. The average molecular weight is 259 g/mol. The lowest BCUT2D eigenvalue weighted by molar-refractivity contribution is 0.166. The van der Waals surface area contributed by atoms with E-state index in [0.29, 0.717) is 0 Å². The molecule has 2 unspecified atom stereocenters. The van der Waals surface area contributed by atoms with Crippen LogP contribution >= 0.6 is 0 Å². The zero-order valence-corrected chi connectivity index (χ0v) is 10.9. The third kappa shape index (κ3) is 3.79. The van der Waals surface area contributed by atoms with E-state index in [1.807, 2.05) is 0 Å². The van der Waals surface area contributed by atoms with Gasteiger partial charge in [-0.2, -0.15) is 0 Å². The van der Waals surface area contributed by atoms with Gasteiger partial charge >= 0.3 is 0 Å². The summed E-state index contributed by atoms with van der Waals surface area (Å²) < 4.78 is 22.6. The number of nitrogens with one attached hydrogen (secondary N) is 1. The molecule has 1 aliphatic heterocycles. The Balaban J connectivity index is 1.74. The van der Waals surface area contributed by atoms with Gasteiger partial charge in [-0.15, -0.1) is 0 Å². The lowest BCUT2D eigenvalue weighted by Gasteiger charge is -2.17. The van der Waals surface area contributed by atoms with E-state index in [9.17, 15) is 13.5 Å². The minimum atomic E-state index is -3.03. The SMILES string of the molecule is O=S1(=O)CC(O)C(NCCC2=CCCCC2)C1. The number of hydrogen-bond acceptors (Lipinski definition) is 4. The van der Waals surface area contributed by atoms with Crippen molar-refractivity contribution in [1.82, 2.24) is 5.32 Å². The second kappa shape index (κ2) is 5.50. The van der Waals surface area contributed by atoms with Gasteiger partial charge in [0, 0.05) is 6.04 Å². The summed E-state index contributed by atoms with van der Waals surface area (Å²) in [5.74, 6) is -0.0133. The molecule has 4 nitrogen and oxygen atoms in total. The quantitative estimate of drug-likeness (QED) is 0.727. The van der Waals surface area contributed by atoms with E-state index in [1.165, 1.54) is 31.3 Å². The first kappa shape index (κ1) is 13.1. The largest absolute Gasteiger partial charge is 0.390 e. The number of rotatable bonds is 4. The van der Waals surface area contributed by atoms with Crippen molar-refractivity contribution in [1.29, 1.82) is 0 Å². The molecular formula is C12H21NO3S. The van der Waals surface area contributed by atoms with Crippen molar-refractivity contribution in [3.05, 3.63) is 11.6 Å². The molecule has 1 heterocycles. The maximum atomic E-state index is 11.3. The van der Waals surface area contributed by atoms with Crippen molar-refractivity contribution in [2.75, 3.05) is 18.1 Å². The Morgan fingerprint density at radius 1 is 1.35 bits per heavy atom. The fraction of sp³-hybridized carbons (Fsp3) is 0.833. The maximum absolute atomic E-state index is 11.3. The highest BCUT2D eigenvalue weighted by Gasteiger charge is 2.35. The number of aliphatic hydroxyl groups excluding tert-OH is 1. The van der Waals surface area contributed by atoms with Gasteiger partial charge in [-0.25, -0.2) is 8.42 Å². The Kier molecular flexibility index (Phi) is 4.22. The number of sulfone groups is 1. The molecule has 1 fully saturated rings. The third-order valence-electron chi connectivity index (χ3n) is 3.56. The molecule has 5 heteroatoms.